The van der Waals surface area contributed by atoms with Gasteiger partial charge in [-0.3, -0.25) is 9.59 Å². The maximum absolute atomic E-state index is 12.5. The molecule has 0 aliphatic heterocycles. The summed E-state index contributed by atoms with van der Waals surface area (Å²) in [4.78, 5) is 22.2. The fourth-order valence-corrected chi connectivity index (χ4v) is 1.86. The van der Waals surface area contributed by atoms with Crippen LogP contribution in [0.3, 0.4) is 0 Å². The van der Waals surface area contributed by atoms with Gasteiger partial charge in [-0.05, 0) is 13.3 Å². The van der Waals surface area contributed by atoms with Gasteiger partial charge in [-0.1, -0.05) is 39.0 Å². The van der Waals surface area contributed by atoms with E-state index in [0.717, 1.165) is 39.0 Å². The summed E-state index contributed by atoms with van der Waals surface area (Å²) in [6.45, 7) is 2.89. The Morgan fingerprint density at radius 1 is 1.00 bits per heavy atom. The lowest BCUT2D eigenvalue weighted by Gasteiger charge is -2.16. The molecule has 5 heteroatoms. The van der Waals surface area contributed by atoms with Crippen molar-refractivity contribution in [3.05, 3.63) is 0 Å². The molecule has 0 saturated carbocycles. The normalized spacial score (nSPS) is 13.4. The van der Waals surface area contributed by atoms with Crippen molar-refractivity contribution in [1.29, 1.82) is 0 Å². The summed E-state index contributed by atoms with van der Waals surface area (Å²) >= 11 is 0. The average molecular weight is 266 g/mol. The van der Waals surface area contributed by atoms with E-state index in [1.807, 2.05) is 0 Å². The van der Waals surface area contributed by atoms with Crippen molar-refractivity contribution >= 4 is 11.6 Å². The monoisotopic (exact) mass is 266 g/mol. The number of halogens is 3. The highest BCUT2D eigenvalue weighted by Gasteiger charge is 2.47. The van der Waals surface area contributed by atoms with Gasteiger partial charge in [-0.25, -0.2) is 0 Å². The van der Waals surface area contributed by atoms with E-state index in [-0.39, 0.29) is 6.42 Å². The number of Topliss-reactive ketones (excluding diaryl/α,β-unsaturated/α-hetero) is 2. The lowest BCUT2D eigenvalue weighted by Crippen LogP contribution is -2.36. The van der Waals surface area contributed by atoms with Crippen molar-refractivity contribution in [1.82, 2.24) is 0 Å². The topological polar surface area (TPSA) is 34.1 Å². The van der Waals surface area contributed by atoms with Gasteiger partial charge in [-0.15, -0.1) is 0 Å². The third-order valence-electron chi connectivity index (χ3n) is 2.83. The van der Waals surface area contributed by atoms with Crippen molar-refractivity contribution in [3.63, 3.8) is 0 Å². The molecule has 0 saturated heterocycles. The van der Waals surface area contributed by atoms with Gasteiger partial charge >= 0.3 is 6.18 Å². The minimum Gasteiger partial charge on any atom is -0.299 e. The van der Waals surface area contributed by atoms with Gasteiger partial charge in [0.25, 0.3) is 0 Å². The summed E-state index contributed by atoms with van der Waals surface area (Å²) in [6.07, 6.45) is 0.446. The van der Waals surface area contributed by atoms with Crippen molar-refractivity contribution in [3.8, 4) is 0 Å². The van der Waals surface area contributed by atoms with Gasteiger partial charge < -0.3 is 0 Å². The minimum atomic E-state index is -4.74. The fourth-order valence-electron chi connectivity index (χ4n) is 1.86. The quantitative estimate of drug-likeness (QED) is 0.465. The van der Waals surface area contributed by atoms with Crippen molar-refractivity contribution in [2.75, 3.05) is 0 Å². The molecule has 0 spiro atoms. The average Bonchev–Trinajstić information content (AvgIpc) is 2.20. The molecule has 0 aliphatic rings. The maximum Gasteiger partial charge on any atom is 0.405 e. The molecule has 2 nitrogen and oxygen atoms in total. The molecule has 0 aliphatic carbocycles. The van der Waals surface area contributed by atoms with E-state index in [2.05, 4.69) is 6.92 Å². The van der Waals surface area contributed by atoms with Crippen LogP contribution < -0.4 is 0 Å². The Hall–Kier alpha value is -0.870. The van der Waals surface area contributed by atoms with Gasteiger partial charge in [-0.2, -0.15) is 13.2 Å². The number of carbonyl (C=O) groups is 2. The molecular formula is C13H21F3O2. The molecule has 106 valence electrons. The molecular weight excluding hydrogens is 245 g/mol. The lowest BCUT2D eigenvalue weighted by atomic mass is 9.95. The molecule has 0 radical (unpaired) electrons. The molecule has 0 aromatic heterocycles. The van der Waals surface area contributed by atoms with Crippen LogP contribution in [-0.4, -0.2) is 17.7 Å². The fraction of sp³-hybridized carbons (Fsp3) is 0.846. The van der Waals surface area contributed by atoms with Gasteiger partial charge in [0.15, 0.2) is 11.7 Å². The summed E-state index contributed by atoms with van der Waals surface area (Å²) in [5.74, 6) is -4.53. The summed E-state index contributed by atoms with van der Waals surface area (Å²) < 4.78 is 37.4. The van der Waals surface area contributed by atoms with Crippen LogP contribution in [0, 0.1) is 5.92 Å². The zero-order chi connectivity index (χ0) is 14.2. The molecule has 0 amide bonds. The first-order chi connectivity index (χ1) is 8.30. The third-order valence-corrected chi connectivity index (χ3v) is 2.83. The molecule has 0 bridgehead atoms. The number of carbonyl (C=O) groups excluding carboxylic acids is 2. The summed E-state index contributed by atoms with van der Waals surface area (Å²) in [7, 11) is 0. The van der Waals surface area contributed by atoms with E-state index in [1.165, 1.54) is 0 Å². The molecule has 1 atom stereocenters. The van der Waals surface area contributed by atoms with Crippen LogP contribution >= 0.6 is 0 Å². The molecule has 0 aromatic rings. The zero-order valence-electron chi connectivity index (χ0n) is 11.0. The Bertz CT molecular complexity index is 272. The van der Waals surface area contributed by atoms with E-state index in [1.54, 1.807) is 0 Å². The summed E-state index contributed by atoms with van der Waals surface area (Å²) in [6, 6.07) is 0. The highest BCUT2D eigenvalue weighted by atomic mass is 19.4. The molecule has 0 rings (SSSR count). The van der Waals surface area contributed by atoms with Crippen molar-refractivity contribution in [2.45, 2.75) is 65.0 Å². The second-order valence-corrected chi connectivity index (χ2v) is 4.57. The number of hydrogen-bond acceptors (Lipinski definition) is 2. The number of alkyl halides is 3. The molecule has 0 aromatic carbocycles. The van der Waals surface area contributed by atoms with Gasteiger partial charge in [0.2, 0.25) is 0 Å². The van der Waals surface area contributed by atoms with Crippen LogP contribution in [-0.2, 0) is 9.59 Å². The number of hydrogen-bond donors (Lipinski definition) is 0. The predicted molar refractivity (Wildman–Crippen MR) is 63.2 cm³/mol. The van der Waals surface area contributed by atoms with E-state index >= 15 is 0 Å². The van der Waals surface area contributed by atoms with Crippen molar-refractivity contribution in [2.24, 2.45) is 5.92 Å². The summed E-state index contributed by atoms with van der Waals surface area (Å²) in [5, 5.41) is 0. The SMILES string of the molecule is CCCCCCCCC(=O)C(C(C)=O)C(F)(F)F. The van der Waals surface area contributed by atoms with Crippen LogP contribution in [0.25, 0.3) is 0 Å². The molecule has 0 N–H and O–H groups in total. The number of rotatable bonds is 9. The van der Waals surface area contributed by atoms with Gasteiger partial charge in [0.05, 0.1) is 0 Å². The minimum absolute atomic E-state index is 0.157. The first kappa shape index (κ1) is 17.1. The Labute approximate surface area is 106 Å². The van der Waals surface area contributed by atoms with Crippen LogP contribution in [0.4, 0.5) is 13.2 Å². The Balaban J connectivity index is 4.02. The van der Waals surface area contributed by atoms with E-state index < -0.39 is 23.7 Å². The highest BCUT2D eigenvalue weighted by Crippen LogP contribution is 2.29. The zero-order valence-corrected chi connectivity index (χ0v) is 11.0. The Morgan fingerprint density at radius 2 is 1.50 bits per heavy atom. The smallest absolute Gasteiger partial charge is 0.299 e. The Morgan fingerprint density at radius 3 is 1.94 bits per heavy atom. The standard InChI is InChI=1S/C13H21F3O2/c1-3-4-5-6-7-8-9-11(18)12(10(2)17)13(14,15)16/h12H,3-9H2,1-2H3. The van der Waals surface area contributed by atoms with Crippen LogP contribution in [0.1, 0.15) is 58.8 Å². The van der Waals surface area contributed by atoms with Crippen LogP contribution in [0.15, 0.2) is 0 Å². The largest absolute Gasteiger partial charge is 0.405 e. The second kappa shape index (κ2) is 8.27. The molecule has 18 heavy (non-hydrogen) atoms. The Kier molecular flexibility index (Phi) is 7.87. The maximum atomic E-state index is 12.5. The van der Waals surface area contributed by atoms with Gasteiger partial charge in [0.1, 0.15) is 5.78 Å². The third kappa shape index (κ3) is 6.77. The van der Waals surface area contributed by atoms with Crippen LogP contribution in [0.2, 0.25) is 0 Å². The predicted octanol–water partition coefficient (Wildman–Crippen LogP) is 4.07. The van der Waals surface area contributed by atoms with E-state index in [9.17, 15) is 22.8 Å². The second-order valence-electron chi connectivity index (χ2n) is 4.57. The molecule has 1 unspecified atom stereocenters. The number of unbranched alkanes of at least 4 members (excludes halogenated alkanes) is 5. The number of ketones is 2. The first-order valence-electron chi connectivity index (χ1n) is 6.40. The van der Waals surface area contributed by atoms with Gasteiger partial charge in [0, 0.05) is 6.42 Å². The molecule has 0 heterocycles. The van der Waals surface area contributed by atoms with E-state index in [0.29, 0.717) is 6.42 Å². The van der Waals surface area contributed by atoms with Crippen molar-refractivity contribution < 1.29 is 22.8 Å². The van der Waals surface area contributed by atoms with E-state index in [4.69, 9.17) is 0 Å². The lowest BCUT2D eigenvalue weighted by molar-refractivity contribution is -0.184. The molecule has 0 fully saturated rings. The van der Waals surface area contributed by atoms with Crippen LogP contribution in [0.5, 0.6) is 0 Å². The highest BCUT2D eigenvalue weighted by molar-refractivity contribution is 6.02. The first-order valence-corrected chi connectivity index (χ1v) is 6.40. The summed E-state index contributed by atoms with van der Waals surface area (Å²) in [5.41, 5.74) is 0.